The molecule has 158 valence electrons. The number of esters is 1. The summed E-state index contributed by atoms with van der Waals surface area (Å²) in [5.41, 5.74) is 0. The monoisotopic (exact) mass is 395 g/mol. The topological polar surface area (TPSA) is 131 Å². The van der Waals surface area contributed by atoms with Crippen LogP contribution in [0.3, 0.4) is 0 Å². The summed E-state index contributed by atoms with van der Waals surface area (Å²) < 4.78 is 35.7. The second kappa shape index (κ2) is 16.7. The third-order valence-corrected chi connectivity index (χ3v) is 3.12. The number of rotatable bonds is 18. The molecule has 0 aromatic rings. The Morgan fingerprint density at radius 3 is 1.93 bits per heavy atom. The smallest absolute Gasteiger partial charge is 0.407 e. The second-order valence-electron chi connectivity index (χ2n) is 5.32. The maximum Gasteiger partial charge on any atom is 0.407 e. The number of carbonyl (C=O) groups is 2. The van der Waals surface area contributed by atoms with E-state index in [0.717, 1.165) is 0 Å². The normalized spacial score (nSPS) is 16.2. The molecule has 0 aromatic carbocycles. The molecule has 11 nitrogen and oxygen atoms in total. The zero-order valence-corrected chi connectivity index (χ0v) is 15.4. The van der Waals surface area contributed by atoms with Gasteiger partial charge in [-0.3, -0.25) is 0 Å². The van der Waals surface area contributed by atoms with Crippen LogP contribution in [0.25, 0.3) is 0 Å². The molecule has 1 rings (SSSR count). The first-order valence-corrected chi connectivity index (χ1v) is 8.82. The van der Waals surface area contributed by atoms with Crippen LogP contribution >= 0.6 is 0 Å². The van der Waals surface area contributed by atoms with Crippen molar-refractivity contribution in [1.82, 2.24) is 5.32 Å². The summed E-state index contributed by atoms with van der Waals surface area (Å²) in [6.07, 6.45) is -0.959. The number of hydrogen-bond acceptors (Lipinski definition) is 10. The zero-order chi connectivity index (χ0) is 19.6. The van der Waals surface area contributed by atoms with E-state index in [1.54, 1.807) is 0 Å². The Morgan fingerprint density at radius 1 is 0.926 bits per heavy atom. The minimum atomic E-state index is -0.525. The molecule has 0 saturated carbocycles. The maximum atomic E-state index is 11.4. The molecule has 1 atom stereocenters. The summed E-state index contributed by atoms with van der Waals surface area (Å²) in [4.78, 5) is 22.2. The lowest BCUT2D eigenvalue weighted by Crippen LogP contribution is -2.24. The molecule has 1 aliphatic rings. The van der Waals surface area contributed by atoms with E-state index in [4.69, 9.17) is 38.3 Å². The van der Waals surface area contributed by atoms with Crippen molar-refractivity contribution in [1.29, 1.82) is 0 Å². The number of aliphatic hydroxyl groups is 1. The number of ether oxygens (including phenoxy) is 7. The molecule has 0 aromatic heterocycles. The molecule has 11 heteroatoms. The molecule has 1 heterocycles. The minimum absolute atomic E-state index is 0.00811. The number of nitrogens with one attached hydrogen (secondary N) is 1. The standard InChI is InChI=1S/C16H29NO10/c18-1-2-21-3-4-22-5-6-23-7-8-24-9-10-25-13-15(19)26-12-14-11-17-16(20)27-14/h14,18H,1-13H2,(H,17,20)/t14-/m0/s1. The van der Waals surface area contributed by atoms with Crippen molar-refractivity contribution < 1.29 is 47.9 Å². The number of carbonyl (C=O) groups excluding carboxylic acids is 2. The van der Waals surface area contributed by atoms with Gasteiger partial charge in [0.1, 0.15) is 13.2 Å². The summed E-state index contributed by atoms with van der Waals surface area (Å²) >= 11 is 0. The summed E-state index contributed by atoms with van der Waals surface area (Å²) in [7, 11) is 0. The molecule has 0 unspecified atom stereocenters. The van der Waals surface area contributed by atoms with Crippen molar-refractivity contribution in [2.24, 2.45) is 0 Å². The van der Waals surface area contributed by atoms with Crippen molar-refractivity contribution >= 4 is 12.1 Å². The first-order valence-electron chi connectivity index (χ1n) is 8.82. The Bertz CT molecular complexity index is 395. The van der Waals surface area contributed by atoms with Crippen molar-refractivity contribution in [2.45, 2.75) is 6.10 Å². The second-order valence-corrected chi connectivity index (χ2v) is 5.32. The van der Waals surface area contributed by atoms with Crippen LogP contribution in [0.5, 0.6) is 0 Å². The van der Waals surface area contributed by atoms with E-state index in [-0.39, 0.29) is 26.4 Å². The molecule has 0 radical (unpaired) electrons. The minimum Gasteiger partial charge on any atom is -0.460 e. The SMILES string of the molecule is O=C(COCCOCCOCCOCCOCCO)OC[C@@H]1CNC(=O)O1. The Labute approximate surface area is 158 Å². The Kier molecular flexibility index (Phi) is 14.5. The quantitative estimate of drug-likeness (QED) is 0.213. The van der Waals surface area contributed by atoms with E-state index in [2.05, 4.69) is 5.32 Å². The number of aliphatic hydroxyl groups excluding tert-OH is 1. The lowest BCUT2D eigenvalue weighted by atomic mass is 10.4. The van der Waals surface area contributed by atoms with Crippen LogP contribution in [0.4, 0.5) is 4.79 Å². The largest absolute Gasteiger partial charge is 0.460 e. The van der Waals surface area contributed by atoms with Gasteiger partial charge in [-0.25, -0.2) is 9.59 Å². The molecule has 1 amide bonds. The van der Waals surface area contributed by atoms with E-state index < -0.39 is 18.2 Å². The number of alkyl carbamates (subject to hydrolysis) is 1. The van der Waals surface area contributed by atoms with Gasteiger partial charge >= 0.3 is 12.1 Å². The van der Waals surface area contributed by atoms with E-state index in [1.165, 1.54) is 0 Å². The van der Waals surface area contributed by atoms with Gasteiger partial charge in [-0.05, 0) is 0 Å². The van der Waals surface area contributed by atoms with Crippen molar-refractivity contribution in [3.8, 4) is 0 Å². The lowest BCUT2D eigenvalue weighted by molar-refractivity contribution is -0.151. The zero-order valence-electron chi connectivity index (χ0n) is 15.4. The van der Waals surface area contributed by atoms with Gasteiger partial charge in [0.2, 0.25) is 0 Å². The van der Waals surface area contributed by atoms with Gasteiger partial charge in [0, 0.05) is 0 Å². The molecule has 1 fully saturated rings. The van der Waals surface area contributed by atoms with E-state index >= 15 is 0 Å². The number of cyclic esters (lactones) is 1. The lowest BCUT2D eigenvalue weighted by Gasteiger charge is -2.09. The van der Waals surface area contributed by atoms with Crippen LogP contribution in [0.15, 0.2) is 0 Å². The fourth-order valence-electron chi connectivity index (χ4n) is 1.85. The predicted molar refractivity (Wildman–Crippen MR) is 90.4 cm³/mol. The van der Waals surface area contributed by atoms with Gasteiger partial charge in [0.05, 0.1) is 72.6 Å². The molecular formula is C16H29NO10. The van der Waals surface area contributed by atoms with E-state index in [0.29, 0.717) is 59.4 Å². The van der Waals surface area contributed by atoms with Gasteiger partial charge in [-0.15, -0.1) is 0 Å². The highest BCUT2D eigenvalue weighted by Crippen LogP contribution is 2.00. The van der Waals surface area contributed by atoms with Crippen molar-refractivity contribution in [3.63, 3.8) is 0 Å². The van der Waals surface area contributed by atoms with E-state index in [9.17, 15) is 9.59 Å². The van der Waals surface area contributed by atoms with Gasteiger partial charge in [0.25, 0.3) is 0 Å². The fourth-order valence-corrected chi connectivity index (χ4v) is 1.85. The number of amides is 1. The molecule has 1 saturated heterocycles. The van der Waals surface area contributed by atoms with Gasteiger partial charge in [-0.2, -0.15) is 0 Å². The molecule has 27 heavy (non-hydrogen) atoms. The van der Waals surface area contributed by atoms with Gasteiger partial charge in [-0.1, -0.05) is 0 Å². The molecule has 0 bridgehead atoms. The van der Waals surface area contributed by atoms with Crippen LogP contribution in [-0.2, 0) is 38.0 Å². The third kappa shape index (κ3) is 14.3. The average Bonchev–Trinajstić information content (AvgIpc) is 3.08. The fraction of sp³-hybridized carbons (Fsp3) is 0.875. The number of hydrogen-bond donors (Lipinski definition) is 2. The maximum absolute atomic E-state index is 11.4. The highest BCUT2D eigenvalue weighted by atomic mass is 16.6. The molecule has 1 aliphatic heterocycles. The van der Waals surface area contributed by atoms with Crippen molar-refractivity contribution in [2.75, 3.05) is 85.8 Å². The van der Waals surface area contributed by atoms with Crippen LogP contribution in [0, 0.1) is 0 Å². The van der Waals surface area contributed by atoms with Crippen LogP contribution < -0.4 is 5.32 Å². The Morgan fingerprint density at radius 2 is 1.44 bits per heavy atom. The third-order valence-electron chi connectivity index (χ3n) is 3.12. The Hall–Kier alpha value is -1.50. The Balaban J connectivity index is 1.73. The molecule has 2 N–H and O–H groups in total. The van der Waals surface area contributed by atoms with Gasteiger partial charge < -0.3 is 43.6 Å². The van der Waals surface area contributed by atoms with Crippen molar-refractivity contribution in [3.05, 3.63) is 0 Å². The first-order chi connectivity index (χ1) is 13.2. The average molecular weight is 395 g/mol. The van der Waals surface area contributed by atoms with Crippen LogP contribution in [-0.4, -0.2) is 109 Å². The van der Waals surface area contributed by atoms with Gasteiger partial charge in [0.15, 0.2) is 6.10 Å². The summed E-state index contributed by atoms with van der Waals surface area (Å²) in [5, 5.41) is 11.0. The molecule has 0 aliphatic carbocycles. The summed E-state index contributed by atoms with van der Waals surface area (Å²) in [6.45, 7) is 3.73. The summed E-state index contributed by atoms with van der Waals surface area (Å²) in [6, 6.07) is 0. The highest BCUT2D eigenvalue weighted by molar-refractivity contribution is 5.71. The molecule has 0 spiro atoms. The van der Waals surface area contributed by atoms with E-state index in [1.807, 2.05) is 0 Å². The van der Waals surface area contributed by atoms with Crippen LogP contribution in [0.2, 0.25) is 0 Å². The molecular weight excluding hydrogens is 366 g/mol. The first kappa shape index (κ1) is 23.5. The predicted octanol–water partition coefficient (Wildman–Crippen LogP) is -1.29. The summed E-state index contributed by atoms with van der Waals surface area (Å²) in [5.74, 6) is -0.525. The highest BCUT2D eigenvalue weighted by Gasteiger charge is 2.23. The van der Waals surface area contributed by atoms with Crippen LogP contribution in [0.1, 0.15) is 0 Å².